The van der Waals surface area contributed by atoms with Gasteiger partial charge in [0.25, 0.3) is 5.71 Å². The number of aryl methyl sites for hydroxylation is 1. The van der Waals surface area contributed by atoms with E-state index in [9.17, 15) is 15.4 Å². The lowest BCUT2D eigenvalue weighted by atomic mass is 9.75. The van der Waals surface area contributed by atoms with Crippen LogP contribution in [0.15, 0.2) is 54.6 Å². The van der Waals surface area contributed by atoms with Gasteiger partial charge in [-0.1, -0.05) is 49.4 Å². The number of hydrogen-bond donors (Lipinski definition) is 3. The summed E-state index contributed by atoms with van der Waals surface area (Å²) in [5, 5.41) is 33.1. The van der Waals surface area contributed by atoms with E-state index >= 15 is 0 Å². The molecule has 2 aromatic carbocycles. The molecule has 2 unspecified atom stereocenters. The number of hydroxylamine groups is 1. The standard InChI is InChI=1S/C20H24NO3/c1-4-14-10-12-16(13-11-14)20(23)18(22)17(21(24)19(20,2)3)15-8-6-5-7-9-15/h5-13,18,22-24H,4H2,1-3H3/q+1. The van der Waals surface area contributed by atoms with Crippen LogP contribution < -0.4 is 0 Å². The summed E-state index contributed by atoms with van der Waals surface area (Å²) < 4.78 is 1.00. The highest BCUT2D eigenvalue weighted by Crippen LogP contribution is 2.44. The van der Waals surface area contributed by atoms with Gasteiger partial charge >= 0.3 is 0 Å². The number of rotatable bonds is 3. The topological polar surface area (TPSA) is 63.7 Å². The Kier molecular flexibility index (Phi) is 3.98. The van der Waals surface area contributed by atoms with Gasteiger partial charge in [0.15, 0.2) is 11.7 Å². The molecule has 0 spiro atoms. The molecule has 0 radical (unpaired) electrons. The van der Waals surface area contributed by atoms with Crippen LogP contribution in [0.2, 0.25) is 0 Å². The van der Waals surface area contributed by atoms with E-state index < -0.39 is 17.2 Å². The van der Waals surface area contributed by atoms with Crippen LogP contribution in [0.4, 0.5) is 0 Å². The third-order valence-electron chi connectivity index (χ3n) is 5.22. The zero-order valence-electron chi connectivity index (χ0n) is 14.3. The highest BCUT2D eigenvalue weighted by Gasteiger charge is 2.68. The fraction of sp³-hybridized carbons (Fsp3) is 0.350. The summed E-state index contributed by atoms with van der Waals surface area (Å²) in [6.45, 7) is 5.51. The summed E-state index contributed by atoms with van der Waals surface area (Å²) >= 11 is 0. The van der Waals surface area contributed by atoms with Crippen molar-refractivity contribution in [2.75, 3.05) is 0 Å². The SMILES string of the molecule is CCc1ccc(C2(O)C(O)C(c3ccccc3)=[N+](O)C2(C)C)cc1. The van der Waals surface area contributed by atoms with Crippen molar-refractivity contribution in [3.8, 4) is 0 Å². The highest BCUT2D eigenvalue weighted by molar-refractivity contribution is 6.02. The smallest absolute Gasteiger partial charge is 0.267 e. The second-order valence-corrected chi connectivity index (χ2v) is 6.84. The molecule has 0 aliphatic carbocycles. The maximum absolute atomic E-state index is 11.5. The first-order valence-corrected chi connectivity index (χ1v) is 8.25. The third-order valence-corrected chi connectivity index (χ3v) is 5.22. The summed E-state index contributed by atoms with van der Waals surface area (Å²) in [6, 6.07) is 16.7. The van der Waals surface area contributed by atoms with Gasteiger partial charge in [-0.15, -0.1) is 0 Å². The Balaban J connectivity index is 2.13. The Morgan fingerprint density at radius 2 is 1.58 bits per heavy atom. The molecule has 4 heteroatoms. The van der Waals surface area contributed by atoms with Crippen LogP contribution >= 0.6 is 0 Å². The summed E-state index contributed by atoms with van der Waals surface area (Å²) in [5.74, 6) is 0. The average Bonchev–Trinajstić information content (AvgIpc) is 2.74. The van der Waals surface area contributed by atoms with E-state index in [1.807, 2.05) is 54.6 Å². The van der Waals surface area contributed by atoms with E-state index in [1.54, 1.807) is 13.8 Å². The van der Waals surface area contributed by atoms with Crippen molar-refractivity contribution < 1.29 is 20.2 Å². The van der Waals surface area contributed by atoms with Crippen molar-refractivity contribution in [1.82, 2.24) is 0 Å². The molecule has 3 rings (SSSR count). The quantitative estimate of drug-likeness (QED) is 0.600. The van der Waals surface area contributed by atoms with Crippen LogP contribution in [0, 0.1) is 0 Å². The Labute approximate surface area is 142 Å². The second kappa shape index (κ2) is 5.72. The fourth-order valence-corrected chi connectivity index (χ4v) is 3.51. The molecule has 1 heterocycles. The van der Waals surface area contributed by atoms with Crippen molar-refractivity contribution in [3.05, 3.63) is 71.3 Å². The first-order valence-electron chi connectivity index (χ1n) is 8.25. The summed E-state index contributed by atoms with van der Waals surface area (Å²) in [7, 11) is 0. The molecule has 126 valence electrons. The Morgan fingerprint density at radius 1 is 1.00 bits per heavy atom. The number of aliphatic hydroxyl groups is 2. The van der Waals surface area contributed by atoms with E-state index in [2.05, 4.69) is 6.92 Å². The maximum Gasteiger partial charge on any atom is 0.267 e. The predicted octanol–water partition coefficient (Wildman–Crippen LogP) is 2.48. The maximum atomic E-state index is 11.5. The minimum Gasteiger partial charge on any atom is -0.379 e. The second-order valence-electron chi connectivity index (χ2n) is 6.84. The summed E-state index contributed by atoms with van der Waals surface area (Å²) in [6.07, 6.45) is -0.342. The number of hydrogen-bond acceptors (Lipinski definition) is 3. The summed E-state index contributed by atoms with van der Waals surface area (Å²) in [4.78, 5) is 0. The van der Waals surface area contributed by atoms with Crippen LogP contribution in [-0.2, 0) is 12.0 Å². The van der Waals surface area contributed by atoms with E-state index in [0.29, 0.717) is 16.8 Å². The van der Waals surface area contributed by atoms with Crippen LogP contribution in [-0.4, -0.2) is 37.5 Å². The highest BCUT2D eigenvalue weighted by atomic mass is 16.5. The largest absolute Gasteiger partial charge is 0.379 e. The molecule has 0 amide bonds. The molecular weight excluding hydrogens is 302 g/mol. The lowest BCUT2D eigenvalue weighted by Gasteiger charge is -2.33. The van der Waals surface area contributed by atoms with Crippen LogP contribution in [0.1, 0.15) is 37.5 Å². The minimum atomic E-state index is -1.63. The minimum absolute atomic E-state index is 0.308. The van der Waals surface area contributed by atoms with Gasteiger partial charge in [0, 0.05) is 19.4 Å². The van der Waals surface area contributed by atoms with Crippen LogP contribution in [0.3, 0.4) is 0 Å². The number of benzene rings is 2. The monoisotopic (exact) mass is 326 g/mol. The zero-order valence-corrected chi connectivity index (χ0v) is 14.3. The Bertz CT molecular complexity index is 765. The first-order chi connectivity index (χ1) is 11.3. The Morgan fingerprint density at radius 3 is 2.12 bits per heavy atom. The zero-order chi connectivity index (χ0) is 17.5. The van der Waals surface area contributed by atoms with Gasteiger partial charge in [-0.25, -0.2) is 0 Å². The molecule has 0 fully saturated rings. The van der Waals surface area contributed by atoms with Crippen molar-refractivity contribution in [2.45, 2.75) is 44.4 Å². The molecule has 3 N–H and O–H groups in total. The predicted molar refractivity (Wildman–Crippen MR) is 92.4 cm³/mol. The molecule has 2 atom stereocenters. The van der Waals surface area contributed by atoms with E-state index in [0.717, 1.165) is 16.7 Å². The molecule has 0 aromatic heterocycles. The number of aliphatic hydroxyl groups excluding tert-OH is 1. The third kappa shape index (κ3) is 2.18. The molecule has 1 aliphatic heterocycles. The van der Waals surface area contributed by atoms with E-state index in [-0.39, 0.29) is 0 Å². The molecule has 4 nitrogen and oxygen atoms in total. The normalized spacial score (nSPS) is 26.0. The van der Waals surface area contributed by atoms with Crippen molar-refractivity contribution in [3.63, 3.8) is 0 Å². The van der Waals surface area contributed by atoms with Crippen molar-refractivity contribution in [2.24, 2.45) is 0 Å². The summed E-state index contributed by atoms with van der Waals surface area (Å²) in [5.41, 5.74) is 0.0112. The first kappa shape index (κ1) is 16.7. The van der Waals surface area contributed by atoms with Gasteiger partial charge in [0.05, 0.1) is 0 Å². The van der Waals surface area contributed by atoms with E-state index in [4.69, 9.17) is 0 Å². The molecule has 1 aliphatic rings. The van der Waals surface area contributed by atoms with Crippen molar-refractivity contribution in [1.29, 1.82) is 0 Å². The molecule has 0 bridgehead atoms. The Hall–Kier alpha value is -2.17. The lowest BCUT2D eigenvalue weighted by molar-refractivity contribution is -0.825. The fourth-order valence-electron chi connectivity index (χ4n) is 3.51. The lowest BCUT2D eigenvalue weighted by Crippen LogP contribution is -2.54. The molecule has 2 aromatic rings. The van der Waals surface area contributed by atoms with Crippen molar-refractivity contribution >= 4 is 5.71 Å². The molecule has 0 saturated heterocycles. The van der Waals surface area contributed by atoms with Gasteiger partial charge < -0.3 is 10.2 Å². The molecule has 24 heavy (non-hydrogen) atoms. The van der Waals surface area contributed by atoms with E-state index in [1.165, 1.54) is 0 Å². The van der Waals surface area contributed by atoms with Gasteiger partial charge in [0.2, 0.25) is 5.54 Å². The van der Waals surface area contributed by atoms with Gasteiger partial charge in [0.1, 0.15) is 0 Å². The average molecular weight is 326 g/mol. The van der Waals surface area contributed by atoms with Gasteiger partial charge in [-0.2, -0.15) is 0 Å². The van der Waals surface area contributed by atoms with Crippen LogP contribution in [0.5, 0.6) is 0 Å². The van der Waals surface area contributed by atoms with Gasteiger partial charge in [-0.05, 0) is 34.4 Å². The molecule has 0 saturated carbocycles. The number of nitrogens with zero attached hydrogens (tertiary/aromatic N) is 1. The molecular formula is C20H24NO3+. The van der Waals surface area contributed by atoms with Crippen LogP contribution in [0.25, 0.3) is 0 Å². The van der Waals surface area contributed by atoms with Gasteiger partial charge in [-0.3, -0.25) is 5.21 Å².